The molecule has 0 unspecified atom stereocenters. The van der Waals surface area contributed by atoms with E-state index >= 15 is 0 Å². The van der Waals surface area contributed by atoms with Crippen molar-refractivity contribution in [3.8, 4) is 0 Å². The Labute approximate surface area is 182 Å². The molecule has 0 spiro atoms. The molecule has 1 aliphatic rings. The van der Waals surface area contributed by atoms with E-state index in [2.05, 4.69) is 50.6 Å². The Balaban J connectivity index is 0.00000338. The van der Waals surface area contributed by atoms with Crippen LogP contribution in [0.1, 0.15) is 44.6 Å². The fourth-order valence-corrected chi connectivity index (χ4v) is 3.35. The van der Waals surface area contributed by atoms with Gasteiger partial charge in [0.1, 0.15) is 0 Å². The maximum atomic E-state index is 12.0. The van der Waals surface area contributed by atoms with Crippen molar-refractivity contribution >= 4 is 51.8 Å². The zero-order valence-corrected chi connectivity index (χ0v) is 19.4. The summed E-state index contributed by atoms with van der Waals surface area (Å²) in [5.41, 5.74) is 1.17. The van der Waals surface area contributed by atoms with Crippen molar-refractivity contribution in [1.82, 2.24) is 15.5 Å². The monoisotopic (exact) mass is 536 g/mol. The van der Waals surface area contributed by atoms with E-state index in [4.69, 9.17) is 0 Å². The number of aliphatic imine (C=N–C) groups is 1. The minimum Gasteiger partial charge on any atom is -0.357 e. The number of hydrogen-bond acceptors (Lipinski definition) is 2. The number of rotatable bonds is 7. The molecule has 0 aromatic heterocycles. The molecule has 1 aromatic rings. The fraction of sp³-hybridized carbons (Fsp3) is 0.579. The second-order valence-corrected chi connectivity index (χ2v) is 7.21. The summed E-state index contributed by atoms with van der Waals surface area (Å²) in [5, 5.41) is 6.64. The molecule has 2 N–H and O–H groups in total. The summed E-state index contributed by atoms with van der Waals surface area (Å²) in [6.45, 7) is 6.08. The molecule has 1 aromatic carbocycles. The quantitative estimate of drug-likeness (QED) is 0.240. The molecule has 0 radical (unpaired) electrons. The molecule has 1 amide bonds. The predicted molar refractivity (Wildman–Crippen MR) is 122 cm³/mol. The number of benzene rings is 1. The molecule has 0 aliphatic carbocycles. The molecule has 0 saturated carbocycles. The number of likely N-dealkylation sites (tertiary alicyclic amines) is 1. The molecule has 1 fully saturated rings. The largest absolute Gasteiger partial charge is 0.357 e. The highest BCUT2D eigenvalue weighted by molar-refractivity contribution is 14.0. The number of amides is 1. The van der Waals surface area contributed by atoms with Gasteiger partial charge in [-0.05, 0) is 43.9 Å². The third-order valence-corrected chi connectivity index (χ3v) is 4.71. The Morgan fingerprint density at radius 3 is 2.88 bits per heavy atom. The van der Waals surface area contributed by atoms with Crippen LogP contribution in [0.5, 0.6) is 0 Å². The van der Waals surface area contributed by atoms with Crippen molar-refractivity contribution in [2.45, 2.75) is 45.6 Å². The maximum Gasteiger partial charge on any atom is 0.222 e. The lowest BCUT2D eigenvalue weighted by Gasteiger charge is -2.20. The highest BCUT2D eigenvalue weighted by atomic mass is 127. The zero-order chi connectivity index (χ0) is 17.9. The van der Waals surface area contributed by atoms with Crippen LogP contribution in [0.25, 0.3) is 0 Å². The van der Waals surface area contributed by atoms with Crippen LogP contribution in [0.4, 0.5) is 0 Å². The van der Waals surface area contributed by atoms with E-state index in [1.54, 1.807) is 0 Å². The van der Waals surface area contributed by atoms with Gasteiger partial charge >= 0.3 is 0 Å². The minimum atomic E-state index is 0. The Hall–Kier alpha value is -0.830. The Bertz CT molecular complexity index is 582. The van der Waals surface area contributed by atoms with Crippen LogP contribution < -0.4 is 10.6 Å². The van der Waals surface area contributed by atoms with Crippen LogP contribution in [0.15, 0.2) is 33.7 Å². The van der Waals surface area contributed by atoms with E-state index in [1.807, 2.05) is 17.0 Å². The highest BCUT2D eigenvalue weighted by Crippen LogP contribution is 2.12. The number of nitrogens with one attached hydrogen (secondary N) is 2. The number of carbonyl (C=O) groups excluding carboxylic acids is 1. The summed E-state index contributed by atoms with van der Waals surface area (Å²) in [6.07, 6.45) is 5.00. The van der Waals surface area contributed by atoms with E-state index in [0.29, 0.717) is 18.9 Å². The minimum absolute atomic E-state index is 0. The average Bonchev–Trinajstić information content (AvgIpc) is 2.81. The number of nitrogens with zero attached hydrogens (tertiary/aromatic N) is 2. The zero-order valence-electron chi connectivity index (χ0n) is 15.5. The van der Waals surface area contributed by atoms with Crippen molar-refractivity contribution < 1.29 is 4.79 Å². The molecule has 1 aliphatic heterocycles. The van der Waals surface area contributed by atoms with E-state index in [1.165, 1.54) is 12.0 Å². The second kappa shape index (κ2) is 13.4. The molecule has 26 heavy (non-hydrogen) atoms. The SMILES string of the molecule is CCNC(=NCc1cccc(Br)c1)NCCCN1CCCCCC1=O.I. The molecular formula is C19H30BrIN4O. The van der Waals surface area contributed by atoms with Crippen LogP contribution in [-0.2, 0) is 11.3 Å². The van der Waals surface area contributed by atoms with Gasteiger partial charge in [0.05, 0.1) is 6.54 Å². The summed E-state index contributed by atoms with van der Waals surface area (Å²) in [5.74, 6) is 1.14. The first-order valence-electron chi connectivity index (χ1n) is 9.23. The normalized spacial score (nSPS) is 15.2. The van der Waals surface area contributed by atoms with Gasteiger partial charge in [-0.25, -0.2) is 4.99 Å². The summed E-state index contributed by atoms with van der Waals surface area (Å²) in [4.78, 5) is 18.6. The first-order chi connectivity index (χ1) is 12.2. The second-order valence-electron chi connectivity index (χ2n) is 6.30. The van der Waals surface area contributed by atoms with Crippen molar-refractivity contribution in [1.29, 1.82) is 0 Å². The fourth-order valence-electron chi connectivity index (χ4n) is 2.90. The molecule has 1 saturated heterocycles. The highest BCUT2D eigenvalue weighted by Gasteiger charge is 2.15. The standard InChI is InChI=1S/C19H29BrN4O.HI/c1-2-21-19(23-15-16-8-6-9-17(20)14-16)22-11-7-13-24-12-5-3-4-10-18(24)25;/h6,8-9,14H,2-5,7,10-13,15H2,1H3,(H2,21,22,23);1H. The van der Waals surface area contributed by atoms with E-state index in [-0.39, 0.29) is 24.0 Å². The van der Waals surface area contributed by atoms with Gasteiger partial charge < -0.3 is 15.5 Å². The van der Waals surface area contributed by atoms with Crippen molar-refractivity contribution in [3.05, 3.63) is 34.3 Å². The summed E-state index contributed by atoms with van der Waals surface area (Å²) >= 11 is 3.49. The lowest BCUT2D eigenvalue weighted by atomic mass is 10.2. The van der Waals surface area contributed by atoms with Crippen molar-refractivity contribution in [2.75, 3.05) is 26.2 Å². The van der Waals surface area contributed by atoms with Crippen molar-refractivity contribution in [2.24, 2.45) is 4.99 Å². The number of guanidine groups is 1. The summed E-state index contributed by atoms with van der Waals surface area (Å²) in [7, 11) is 0. The van der Waals surface area contributed by atoms with Gasteiger partial charge in [0, 0.05) is 37.1 Å². The average molecular weight is 537 g/mol. The summed E-state index contributed by atoms with van der Waals surface area (Å²) < 4.78 is 1.07. The van der Waals surface area contributed by atoms with E-state index < -0.39 is 0 Å². The van der Waals surface area contributed by atoms with Crippen LogP contribution >= 0.6 is 39.9 Å². The number of hydrogen-bond donors (Lipinski definition) is 2. The molecule has 7 heteroatoms. The molecule has 1 heterocycles. The van der Waals surface area contributed by atoms with Gasteiger partial charge in [0.2, 0.25) is 5.91 Å². The van der Waals surface area contributed by atoms with E-state index in [9.17, 15) is 4.79 Å². The topological polar surface area (TPSA) is 56.7 Å². The lowest BCUT2D eigenvalue weighted by molar-refractivity contribution is -0.130. The lowest BCUT2D eigenvalue weighted by Crippen LogP contribution is -2.39. The smallest absolute Gasteiger partial charge is 0.222 e. The predicted octanol–water partition coefficient (Wildman–Crippen LogP) is 3.91. The van der Waals surface area contributed by atoms with E-state index in [0.717, 1.165) is 55.9 Å². The molecule has 2 rings (SSSR count). The van der Waals surface area contributed by atoms with Gasteiger partial charge in [-0.2, -0.15) is 0 Å². The van der Waals surface area contributed by atoms with Crippen LogP contribution in [-0.4, -0.2) is 42.9 Å². The van der Waals surface area contributed by atoms with Crippen molar-refractivity contribution in [3.63, 3.8) is 0 Å². The van der Waals surface area contributed by atoms with Crippen LogP contribution in [0.2, 0.25) is 0 Å². The molecule has 0 atom stereocenters. The summed E-state index contributed by atoms with van der Waals surface area (Å²) in [6, 6.07) is 8.19. The maximum absolute atomic E-state index is 12.0. The third kappa shape index (κ3) is 8.70. The van der Waals surface area contributed by atoms with Gasteiger partial charge in [0.15, 0.2) is 5.96 Å². The molecule has 146 valence electrons. The molecule has 0 bridgehead atoms. The number of halogens is 2. The molecular weight excluding hydrogens is 507 g/mol. The Morgan fingerprint density at radius 1 is 1.27 bits per heavy atom. The number of carbonyl (C=O) groups is 1. The first-order valence-corrected chi connectivity index (χ1v) is 10.0. The third-order valence-electron chi connectivity index (χ3n) is 4.22. The van der Waals surface area contributed by atoms with Gasteiger partial charge in [-0.3, -0.25) is 4.79 Å². The van der Waals surface area contributed by atoms with Crippen LogP contribution in [0, 0.1) is 0 Å². The first kappa shape index (κ1) is 23.2. The van der Waals surface area contributed by atoms with Crippen LogP contribution in [0.3, 0.4) is 0 Å². The van der Waals surface area contributed by atoms with Gasteiger partial charge in [0.25, 0.3) is 0 Å². The Morgan fingerprint density at radius 2 is 2.12 bits per heavy atom. The van der Waals surface area contributed by atoms with Gasteiger partial charge in [-0.1, -0.05) is 34.5 Å². The Kier molecular flexibility index (Phi) is 11.9. The molecule has 5 nitrogen and oxygen atoms in total. The van der Waals surface area contributed by atoms with Gasteiger partial charge in [-0.15, -0.1) is 24.0 Å².